The molecular formula is C12H19NO6. The highest BCUT2D eigenvalue weighted by Crippen LogP contribution is 2.39. The van der Waals surface area contributed by atoms with E-state index in [-0.39, 0.29) is 31.0 Å². The predicted octanol–water partition coefficient (Wildman–Crippen LogP) is 0.0150. The molecule has 3 heterocycles. The van der Waals surface area contributed by atoms with Gasteiger partial charge in [-0.1, -0.05) is 5.16 Å². The fourth-order valence-corrected chi connectivity index (χ4v) is 2.72. The van der Waals surface area contributed by atoms with Crippen molar-refractivity contribution in [3.05, 3.63) is 0 Å². The maximum Gasteiger partial charge on any atom is 0.190 e. The first-order valence-corrected chi connectivity index (χ1v) is 6.41. The van der Waals surface area contributed by atoms with Crippen molar-refractivity contribution in [1.29, 1.82) is 0 Å². The molecule has 3 rings (SSSR count). The first-order chi connectivity index (χ1) is 9.04. The topological polar surface area (TPSA) is 78.7 Å². The zero-order valence-electron chi connectivity index (χ0n) is 11.2. The zero-order chi connectivity index (χ0) is 13.6. The van der Waals surface area contributed by atoms with E-state index in [4.69, 9.17) is 28.9 Å². The molecule has 7 heteroatoms. The number of fused-ring (bicyclic) bond motifs is 1. The number of methoxy groups -OCH3 is 1. The van der Waals surface area contributed by atoms with E-state index in [1.807, 2.05) is 13.8 Å². The Balaban J connectivity index is 1.72. The van der Waals surface area contributed by atoms with Crippen molar-refractivity contribution in [2.45, 2.75) is 56.8 Å². The first kappa shape index (κ1) is 13.3. The van der Waals surface area contributed by atoms with Crippen LogP contribution in [0, 0.1) is 0 Å². The van der Waals surface area contributed by atoms with E-state index in [0.29, 0.717) is 6.42 Å². The van der Waals surface area contributed by atoms with Crippen molar-refractivity contribution in [2.24, 2.45) is 5.16 Å². The Labute approximate surface area is 111 Å². The standard InChI is InChI=1S/C12H19NO6/c1-12(2)17-10-9(15-3)8(16-11(10)18-12)7-4-6(5-14)19-13-7/h6,8-11,14H,4-5H2,1-3H3/t6?,8-,9+,10-,11-/m1/s1. The molecule has 0 spiro atoms. The van der Waals surface area contributed by atoms with Crippen LogP contribution < -0.4 is 0 Å². The molecule has 5 atom stereocenters. The van der Waals surface area contributed by atoms with Gasteiger partial charge < -0.3 is 28.9 Å². The van der Waals surface area contributed by atoms with Crippen LogP contribution in [0.4, 0.5) is 0 Å². The molecule has 1 unspecified atom stereocenters. The molecule has 0 aromatic carbocycles. The average Bonchev–Trinajstić information content (AvgIpc) is 2.99. The Hall–Kier alpha value is -0.730. The molecule has 0 aliphatic carbocycles. The Morgan fingerprint density at radius 3 is 2.84 bits per heavy atom. The molecule has 2 saturated heterocycles. The third-order valence-electron chi connectivity index (χ3n) is 3.55. The van der Waals surface area contributed by atoms with Gasteiger partial charge in [-0.05, 0) is 13.8 Å². The van der Waals surface area contributed by atoms with Crippen molar-refractivity contribution >= 4 is 5.71 Å². The fraction of sp³-hybridized carbons (Fsp3) is 0.917. The van der Waals surface area contributed by atoms with E-state index >= 15 is 0 Å². The maximum absolute atomic E-state index is 9.06. The number of ether oxygens (including phenoxy) is 4. The molecule has 19 heavy (non-hydrogen) atoms. The van der Waals surface area contributed by atoms with Gasteiger partial charge in [0.2, 0.25) is 0 Å². The van der Waals surface area contributed by atoms with E-state index in [1.165, 1.54) is 0 Å². The monoisotopic (exact) mass is 273 g/mol. The third-order valence-corrected chi connectivity index (χ3v) is 3.55. The summed E-state index contributed by atoms with van der Waals surface area (Å²) in [7, 11) is 1.61. The molecule has 108 valence electrons. The smallest absolute Gasteiger partial charge is 0.190 e. The quantitative estimate of drug-likeness (QED) is 0.780. The summed E-state index contributed by atoms with van der Waals surface area (Å²) in [5, 5.41) is 13.0. The van der Waals surface area contributed by atoms with Crippen LogP contribution in [-0.2, 0) is 23.8 Å². The summed E-state index contributed by atoms with van der Waals surface area (Å²) in [5.74, 6) is -0.668. The maximum atomic E-state index is 9.06. The number of aliphatic hydroxyl groups excluding tert-OH is 1. The van der Waals surface area contributed by atoms with Crippen LogP contribution in [-0.4, -0.2) is 61.0 Å². The predicted molar refractivity (Wildman–Crippen MR) is 63.5 cm³/mol. The van der Waals surface area contributed by atoms with Crippen molar-refractivity contribution in [3.8, 4) is 0 Å². The molecule has 1 N–H and O–H groups in total. The van der Waals surface area contributed by atoms with Gasteiger partial charge in [0.25, 0.3) is 0 Å². The molecule has 0 aromatic heterocycles. The van der Waals surface area contributed by atoms with Crippen LogP contribution in [0.25, 0.3) is 0 Å². The Morgan fingerprint density at radius 1 is 1.42 bits per heavy atom. The summed E-state index contributed by atoms with van der Waals surface area (Å²) >= 11 is 0. The molecule has 0 amide bonds. The largest absolute Gasteiger partial charge is 0.392 e. The van der Waals surface area contributed by atoms with Gasteiger partial charge in [-0.15, -0.1) is 0 Å². The minimum Gasteiger partial charge on any atom is -0.392 e. The normalized spacial score (nSPS) is 44.0. The second kappa shape index (κ2) is 4.68. The molecule has 0 aromatic rings. The lowest BCUT2D eigenvalue weighted by atomic mass is 10.0. The van der Waals surface area contributed by atoms with Crippen molar-refractivity contribution in [1.82, 2.24) is 0 Å². The Kier molecular flexibility index (Phi) is 3.26. The summed E-state index contributed by atoms with van der Waals surface area (Å²) in [6.07, 6.45) is -1.14. The van der Waals surface area contributed by atoms with Gasteiger partial charge in [0, 0.05) is 13.5 Å². The van der Waals surface area contributed by atoms with E-state index in [2.05, 4.69) is 5.16 Å². The molecule has 0 bridgehead atoms. The average molecular weight is 273 g/mol. The molecule has 7 nitrogen and oxygen atoms in total. The van der Waals surface area contributed by atoms with Crippen LogP contribution in [0.5, 0.6) is 0 Å². The van der Waals surface area contributed by atoms with Crippen molar-refractivity contribution < 1.29 is 28.9 Å². The lowest BCUT2D eigenvalue weighted by Gasteiger charge is -2.24. The third kappa shape index (κ3) is 2.25. The highest BCUT2D eigenvalue weighted by molar-refractivity contribution is 5.90. The van der Waals surface area contributed by atoms with Crippen LogP contribution in [0.1, 0.15) is 20.3 Å². The number of hydrogen-bond donors (Lipinski definition) is 1. The summed E-state index contributed by atoms with van der Waals surface area (Å²) in [5.41, 5.74) is 0.727. The summed E-state index contributed by atoms with van der Waals surface area (Å²) in [4.78, 5) is 5.10. The van der Waals surface area contributed by atoms with Gasteiger partial charge in [0.15, 0.2) is 18.2 Å². The van der Waals surface area contributed by atoms with Crippen molar-refractivity contribution in [3.63, 3.8) is 0 Å². The minimum absolute atomic E-state index is 0.0652. The number of nitrogens with zero attached hydrogens (tertiary/aromatic N) is 1. The second-order valence-corrected chi connectivity index (χ2v) is 5.42. The summed E-state index contributed by atoms with van der Waals surface area (Å²) in [6, 6.07) is 0. The van der Waals surface area contributed by atoms with E-state index in [1.54, 1.807) is 7.11 Å². The molecule has 0 radical (unpaired) electrons. The number of aliphatic hydroxyl groups is 1. The molecule has 3 aliphatic heterocycles. The second-order valence-electron chi connectivity index (χ2n) is 5.42. The van der Waals surface area contributed by atoms with Gasteiger partial charge in [-0.2, -0.15) is 0 Å². The van der Waals surface area contributed by atoms with Crippen LogP contribution in [0.3, 0.4) is 0 Å². The molecule has 3 aliphatic rings. The zero-order valence-corrected chi connectivity index (χ0v) is 11.2. The lowest BCUT2D eigenvalue weighted by Crippen LogP contribution is -2.40. The summed E-state index contributed by atoms with van der Waals surface area (Å²) < 4.78 is 22.8. The van der Waals surface area contributed by atoms with Crippen LogP contribution in [0.15, 0.2) is 5.16 Å². The number of hydrogen-bond acceptors (Lipinski definition) is 7. The highest BCUT2D eigenvalue weighted by Gasteiger charge is 2.57. The van der Waals surface area contributed by atoms with Gasteiger partial charge in [-0.25, -0.2) is 0 Å². The Bertz CT molecular complexity index is 384. The molecular weight excluding hydrogens is 254 g/mol. The number of oxime groups is 1. The van der Waals surface area contributed by atoms with E-state index in [9.17, 15) is 0 Å². The number of rotatable bonds is 3. The molecule has 0 saturated carbocycles. The van der Waals surface area contributed by atoms with Gasteiger partial charge in [0.1, 0.15) is 18.3 Å². The fourth-order valence-electron chi connectivity index (χ4n) is 2.72. The van der Waals surface area contributed by atoms with E-state index in [0.717, 1.165) is 5.71 Å². The van der Waals surface area contributed by atoms with Gasteiger partial charge in [-0.3, -0.25) is 0 Å². The SMILES string of the molecule is CO[C@@H]1[C@H]2OC(C)(C)O[C@H]2O[C@@H]1C1=NOC(CO)C1. The summed E-state index contributed by atoms with van der Waals surface area (Å²) in [6.45, 7) is 3.62. The highest BCUT2D eigenvalue weighted by atomic mass is 16.8. The Morgan fingerprint density at radius 2 is 2.21 bits per heavy atom. The van der Waals surface area contributed by atoms with Gasteiger partial charge in [0.05, 0.1) is 12.3 Å². The van der Waals surface area contributed by atoms with Crippen LogP contribution in [0.2, 0.25) is 0 Å². The van der Waals surface area contributed by atoms with Crippen LogP contribution >= 0.6 is 0 Å². The lowest BCUT2D eigenvalue weighted by molar-refractivity contribution is -0.208. The first-order valence-electron chi connectivity index (χ1n) is 6.41. The van der Waals surface area contributed by atoms with Gasteiger partial charge >= 0.3 is 0 Å². The van der Waals surface area contributed by atoms with Crippen molar-refractivity contribution in [2.75, 3.05) is 13.7 Å². The van der Waals surface area contributed by atoms with E-state index < -0.39 is 12.1 Å². The molecule has 2 fully saturated rings. The minimum atomic E-state index is -0.668.